The number of anilines is 1. The molecule has 156 valence electrons. The molecule has 0 radical (unpaired) electrons. The summed E-state index contributed by atoms with van der Waals surface area (Å²) in [5, 5.41) is 5.38. The van der Waals surface area contributed by atoms with Gasteiger partial charge in [-0.05, 0) is 31.1 Å². The highest BCUT2D eigenvalue weighted by molar-refractivity contribution is 7.90. The van der Waals surface area contributed by atoms with Crippen LogP contribution in [-0.2, 0) is 14.6 Å². The summed E-state index contributed by atoms with van der Waals surface area (Å²) in [5.41, 5.74) is 8.03. The summed E-state index contributed by atoms with van der Waals surface area (Å²) in [6.45, 7) is 4.75. The van der Waals surface area contributed by atoms with Crippen LogP contribution in [-0.4, -0.2) is 58.3 Å². The molecule has 10 heteroatoms. The van der Waals surface area contributed by atoms with Crippen molar-refractivity contribution in [1.29, 1.82) is 0 Å². The number of aromatic nitrogens is 4. The number of sulfone groups is 1. The third-order valence-corrected chi connectivity index (χ3v) is 6.43. The van der Waals surface area contributed by atoms with E-state index in [4.69, 9.17) is 10.8 Å². The molecular formula is C20H22N6O3S. The molecule has 3 aromatic rings. The molecule has 1 aliphatic heterocycles. The summed E-state index contributed by atoms with van der Waals surface area (Å²) >= 11 is 0. The largest absolute Gasteiger partial charge is 0.383 e. The molecule has 1 aromatic carbocycles. The number of amides is 1. The van der Waals surface area contributed by atoms with Crippen LogP contribution in [0.25, 0.3) is 22.3 Å². The van der Waals surface area contributed by atoms with E-state index in [1.807, 2.05) is 0 Å². The number of carbonyl (C=O) groups excluding carboxylic acids is 1. The van der Waals surface area contributed by atoms with E-state index in [-0.39, 0.29) is 16.8 Å². The van der Waals surface area contributed by atoms with Gasteiger partial charge >= 0.3 is 0 Å². The minimum atomic E-state index is -3.30. The van der Waals surface area contributed by atoms with Gasteiger partial charge in [-0.15, -0.1) is 0 Å². The van der Waals surface area contributed by atoms with Gasteiger partial charge in [0.25, 0.3) is 0 Å². The molecule has 0 unspecified atom stereocenters. The second-order valence-electron chi connectivity index (χ2n) is 7.33. The molecule has 0 aliphatic carbocycles. The van der Waals surface area contributed by atoms with Crippen molar-refractivity contribution in [1.82, 2.24) is 24.6 Å². The van der Waals surface area contributed by atoms with E-state index >= 15 is 0 Å². The van der Waals surface area contributed by atoms with Gasteiger partial charge in [0.2, 0.25) is 5.91 Å². The number of rotatable bonds is 4. The molecule has 2 aromatic heterocycles. The van der Waals surface area contributed by atoms with E-state index < -0.39 is 9.84 Å². The van der Waals surface area contributed by atoms with Crippen molar-refractivity contribution < 1.29 is 13.2 Å². The monoisotopic (exact) mass is 426 g/mol. The van der Waals surface area contributed by atoms with Crippen LogP contribution in [0.4, 0.5) is 5.82 Å². The van der Waals surface area contributed by atoms with Gasteiger partial charge in [-0.3, -0.25) is 4.79 Å². The van der Waals surface area contributed by atoms with Crippen LogP contribution in [0.2, 0.25) is 0 Å². The predicted molar refractivity (Wildman–Crippen MR) is 113 cm³/mol. The van der Waals surface area contributed by atoms with Crippen molar-refractivity contribution in [3.05, 3.63) is 43.2 Å². The molecule has 1 fully saturated rings. The van der Waals surface area contributed by atoms with Crippen LogP contribution >= 0.6 is 0 Å². The summed E-state index contributed by atoms with van der Waals surface area (Å²) in [5.74, 6) is 0.185. The van der Waals surface area contributed by atoms with Crippen molar-refractivity contribution in [3.63, 3.8) is 0 Å². The number of fused-ring (bicyclic) bond motifs is 1. The molecule has 3 heterocycles. The maximum atomic E-state index is 12.1. The van der Waals surface area contributed by atoms with E-state index in [1.54, 1.807) is 33.8 Å². The van der Waals surface area contributed by atoms with Crippen LogP contribution in [0.3, 0.4) is 0 Å². The number of likely N-dealkylation sites (tertiary alicyclic amines) is 1. The van der Waals surface area contributed by atoms with Gasteiger partial charge in [0.05, 0.1) is 16.3 Å². The fourth-order valence-corrected chi connectivity index (χ4v) is 4.43. The first-order valence-corrected chi connectivity index (χ1v) is 11.4. The number of benzene rings is 1. The smallest absolute Gasteiger partial charge is 0.246 e. The summed E-state index contributed by atoms with van der Waals surface area (Å²) in [6.07, 6.45) is 5.55. The van der Waals surface area contributed by atoms with Gasteiger partial charge in [0, 0.05) is 24.9 Å². The first-order chi connectivity index (χ1) is 14.3. The Labute approximate surface area is 174 Å². The topological polar surface area (TPSA) is 124 Å². The van der Waals surface area contributed by atoms with Crippen molar-refractivity contribution in [2.75, 3.05) is 25.1 Å². The van der Waals surface area contributed by atoms with Crippen LogP contribution in [0.1, 0.15) is 18.9 Å². The molecule has 0 bridgehead atoms. The van der Waals surface area contributed by atoms with E-state index in [9.17, 15) is 13.2 Å². The Hall–Kier alpha value is -3.27. The van der Waals surface area contributed by atoms with Crippen molar-refractivity contribution in [2.45, 2.75) is 23.8 Å². The summed E-state index contributed by atoms with van der Waals surface area (Å²) in [7, 11) is -3.30. The van der Waals surface area contributed by atoms with Gasteiger partial charge in [-0.2, -0.15) is 5.10 Å². The Bertz CT molecular complexity index is 1230. The third-order valence-electron chi connectivity index (χ3n) is 5.30. The Balaban J connectivity index is 1.81. The van der Waals surface area contributed by atoms with E-state index in [0.29, 0.717) is 41.2 Å². The van der Waals surface area contributed by atoms with Crippen molar-refractivity contribution in [2.24, 2.45) is 0 Å². The molecular weight excluding hydrogens is 404 g/mol. The van der Waals surface area contributed by atoms with Crippen LogP contribution in [0.5, 0.6) is 0 Å². The fourth-order valence-electron chi connectivity index (χ4n) is 3.80. The lowest BCUT2D eigenvalue weighted by atomic mass is 10.1. The number of nitrogens with zero attached hydrogens (tertiary/aromatic N) is 5. The van der Waals surface area contributed by atoms with Crippen molar-refractivity contribution in [3.8, 4) is 11.3 Å². The Morgan fingerprint density at radius 1 is 1.27 bits per heavy atom. The average molecular weight is 427 g/mol. The SMILES string of the molecule is C=CC(=O)N1CCC[C@@H](n2nc(-c3ccc(S(C)(=O)=O)cc3)c3c(N)ncnc32)C1. The highest BCUT2D eigenvalue weighted by atomic mass is 32.2. The molecule has 1 saturated heterocycles. The molecule has 2 N–H and O–H groups in total. The van der Waals surface area contributed by atoms with Gasteiger partial charge in [0.1, 0.15) is 17.8 Å². The molecule has 9 nitrogen and oxygen atoms in total. The predicted octanol–water partition coefficient (Wildman–Crippen LogP) is 1.83. The molecule has 0 saturated carbocycles. The fraction of sp³-hybridized carbons (Fsp3) is 0.300. The van der Waals surface area contributed by atoms with Gasteiger partial charge in [-0.1, -0.05) is 18.7 Å². The molecule has 1 aliphatic rings. The quantitative estimate of drug-likeness (QED) is 0.631. The van der Waals surface area contributed by atoms with Gasteiger partial charge in [-0.25, -0.2) is 23.1 Å². The minimum Gasteiger partial charge on any atom is -0.383 e. The lowest BCUT2D eigenvalue weighted by Gasteiger charge is -2.32. The van der Waals surface area contributed by atoms with E-state index in [2.05, 4.69) is 16.5 Å². The molecule has 4 rings (SSSR count). The molecule has 1 atom stereocenters. The Morgan fingerprint density at radius 2 is 2.00 bits per heavy atom. The van der Waals surface area contributed by atoms with Gasteiger partial charge < -0.3 is 10.6 Å². The highest BCUT2D eigenvalue weighted by Gasteiger charge is 2.28. The number of hydrogen-bond donors (Lipinski definition) is 1. The summed E-state index contributed by atoms with van der Waals surface area (Å²) < 4.78 is 25.3. The van der Waals surface area contributed by atoms with Crippen LogP contribution < -0.4 is 5.73 Å². The molecule has 0 spiro atoms. The van der Waals surface area contributed by atoms with Crippen LogP contribution in [0.15, 0.2) is 48.1 Å². The third kappa shape index (κ3) is 3.54. The number of nitrogens with two attached hydrogens (primary N) is 1. The second kappa shape index (κ2) is 7.52. The zero-order valence-corrected chi connectivity index (χ0v) is 17.3. The Morgan fingerprint density at radius 3 is 2.67 bits per heavy atom. The minimum absolute atomic E-state index is 0.0662. The number of nitrogen functional groups attached to an aromatic ring is 1. The lowest BCUT2D eigenvalue weighted by Crippen LogP contribution is -2.40. The first kappa shape index (κ1) is 20.0. The number of piperidine rings is 1. The molecule has 1 amide bonds. The van der Waals surface area contributed by atoms with E-state index in [1.165, 1.54) is 12.4 Å². The Kier molecular flexibility index (Phi) is 5.02. The summed E-state index contributed by atoms with van der Waals surface area (Å²) in [6, 6.07) is 6.41. The zero-order chi connectivity index (χ0) is 21.5. The second-order valence-corrected chi connectivity index (χ2v) is 9.35. The van der Waals surface area contributed by atoms with Gasteiger partial charge in [0.15, 0.2) is 15.5 Å². The summed E-state index contributed by atoms with van der Waals surface area (Å²) in [4.78, 5) is 22.6. The first-order valence-electron chi connectivity index (χ1n) is 9.50. The number of hydrogen-bond acceptors (Lipinski definition) is 7. The average Bonchev–Trinajstić information content (AvgIpc) is 3.14. The maximum absolute atomic E-state index is 12.1. The lowest BCUT2D eigenvalue weighted by molar-refractivity contribution is -0.127. The number of carbonyl (C=O) groups is 1. The van der Waals surface area contributed by atoms with E-state index in [0.717, 1.165) is 19.1 Å². The molecule has 30 heavy (non-hydrogen) atoms. The zero-order valence-electron chi connectivity index (χ0n) is 16.5. The highest BCUT2D eigenvalue weighted by Crippen LogP contribution is 2.34. The normalized spacial score (nSPS) is 17.2. The standard InChI is InChI=1S/C20H22N6O3S/c1-3-16(27)25-10-4-5-14(11-25)26-20-17(19(21)22-12-23-20)18(24-26)13-6-8-15(9-7-13)30(2,28)29/h3,6-9,12,14H,1,4-5,10-11H2,2H3,(H2,21,22,23)/t14-/m1/s1. The maximum Gasteiger partial charge on any atom is 0.246 e. The van der Waals surface area contributed by atoms with Crippen LogP contribution in [0, 0.1) is 0 Å². The van der Waals surface area contributed by atoms with Crippen molar-refractivity contribution >= 4 is 32.6 Å².